The molecule has 2 atom stereocenters. The highest BCUT2D eigenvalue weighted by Crippen LogP contribution is 2.20. The van der Waals surface area contributed by atoms with Crippen molar-refractivity contribution in [2.45, 2.75) is 31.3 Å². The number of nitrogens with two attached hydrogens (primary N) is 1. The van der Waals surface area contributed by atoms with Gasteiger partial charge in [0.05, 0.1) is 0 Å². The molecule has 2 amide bonds. The average Bonchev–Trinajstić information content (AvgIpc) is 2.57. The van der Waals surface area contributed by atoms with Crippen molar-refractivity contribution in [1.29, 1.82) is 0 Å². The van der Waals surface area contributed by atoms with Gasteiger partial charge in [0.2, 0.25) is 11.8 Å². The molecule has 4 N–H and O–H groups in total. The Morgan fingerprint density at radius 1 is 1.36 bits per heavy atom. The van der Waals surface area contributed by atoms with Crippen LogP contribution in [-0.2, 0) is 22.4 Å². The molecule has 25 heavy (non-hydrogen) atoms. The van der Waals surface area contributed by atoms with E-state index in [1.807, 2.05) is 0 Å². The normalized spacial score (nSPS) is 17.4. The summed E-state index contributed by atoms with van der Waals surface area (Å²) in [6, 6.07) is 6.69. The minimum Gasteiger partial charge on any atom is -0.344 e. The van der Waals surface area contributed by atoms with Crippen molar-refractivity contribution < 1.29 is 14.0 Å². The number of fused-ring (bicyclic) bond motifs is 1. The first-order valence-corrected chi connectivity index (χ1v) is 8.04. The second-order valence-corrected chi connectivity index (χ2v) is 6.14. The fourth-order valence-corrected chi connectivity index (χ4v) is 2.85. The topological polar surface area (TPSA) is 97.1 Å². The average molecular weight is 342 g/mol. The number of carbonyl (C=O) groups is 2. The number of rotatable bonds is 5. The number of aromatic nitrogens is 1. The smallest absolute Gasteiger partial charge is 0.247 e. The molecular weight excluding hydrogens is 323 g/mol. The van der Waals surface area contributed by atoms with Crippen LogP contribution in [0.3, 0.4) is 0 Å². The lowest BCUT2D eigenvalue weighted by Gasteiger charge is -2.25. The molecule has 0 saturated heterocycles. The lowest BCUT2D eigenvalue weighted by Crippen LogP contribution is -2.48. The second kappa shape index (κ2) is 7.40. The van der Waals surface area contributed by atoms with E-state index in [0.717, 1.165) is 16.8 Å². The molecule has 0 saturated carbocycles. The summed E-state index contributed by atoms with van der Waals surface area (Å²) in [6.07, 6.45) is 4.22. The van der Waals surface area contributed by atoms with Crippen molar-refractivity contribution in [3.05, 3.63) is 59.7 Å². The number of nitrogens with one attached hydrogen (secondary N) is 2. The Morgan fingerprint density at radius 3 is 2.88 bits per heavy atom. The van der Waals surface area contributed by atoms with Gasteiger partial charge in [0.15, 0.2) is 0 Å². The molecule has 0 bridgehead atoms. The van der Waals surface area contributed by atoms with Gasteiger partial charge < -0.3 is 16.4 Å². The van der Waals surface area contributed by atoms with Crippen molar-refractivity contribution in [2.24, 2.45) is 5.73 Å². The molecule has 0 spiro atoms. The molecule has 2 unspecified atom stereocenters. The van der Waals surface area contributed by atoms with Crippen LogP contribution in [0.2, 0.25) is 0 Å². The van der Waals surface area contributed by atoms with Crippen molar-refractivity contribution >= 4 is 17.5 Å². The summed E-state index contributed by atoms with van der Waals surface area (Å²) in [5, 5.41) is 5.47. The van der Waals surface area contributed by atoms with Gasteiger partial charge in [-0.3, -0.25) is 14.6 Å². The highest BCUT2D eigenvalue weighted by Gasteiger charge is 2.27. The Balaban J connectivity index is 1.53. The standard InChI is InChI=1S/C18H19FN4O2/c19-13-3-1-11(2-4-13)7-14(20)9-17(24)22-16-8-12-10-21-6-5-15(12)23-18(16)25/h1-6,10,14,16H,7-9,20H2,(H,22,24)(H,23,25). The maximum atomic E-state index is 12.9. The van der Waals surface area contributed by atoms with E-state index in [-0.39, 0.29) is 24.1 Å². The second-order valence-electron chi connectivity index (χ2n) is 6.14. The lowest BCUT2D eigenvalue weighted by atomic mass is 10.00. The molecule has 1 aliphatic rings. The molecule has 1 aromatic carbocycles. The predicted octanol–water partition coefficient (Wildman–Crippen LogP) is 1.16. The zero-order valence-electron chi connectivity index (χ0n) is 13.5. The number of anilines is 1. The molecular formula is C18H19FN4O2. The molecule has 7 heteroatoms. The number of hydrogen-bond donors (Lipinski definition) is 3. The number of benzene rings is 1. The summed E-state index contributed by atoms with van der Waals surface area (Å²) in [5.41, 5.74) is 8.45. The molecule has 6 nitrogen and oxygen atoms in total. The Hall–Kier alpha value is -2.80. The van der Waals surface area contributed by atoms with Gasteiger partial charge in [0.25, 0.3) is 0 Å². The lowest BCUT2D eigenvalue weighted by molar-refractivity contribution is -0.126. The first-order chi connectivity index (χ1) is 12.0. The van der Waals surface area contributed by atoms with Crippen molar-refractivity contribution in [3.8, 4) is 0 Å². The van der Waals surface area contributed by atoms with E-state index < -0.39 is 12.1 Å². The monoisotopic (exact) mass is 342 g/mol. The van der Waals surface area contributed by atoms with E-state index >= 15 is 0 Å². The fraction of sp³-hybridized carbons (Fsp3) is 0.278. The zero-order chi connectivity index (χ0) is 17.8. The van der Waals surface area contributed by atoms with E-state index in [2.05, 4.69) is 15.6 Å². The number of hydrogen-bond acceptors (Lipinski definition) is 4. The van der Waals surface area contributed by atoms with E-state index in [0.29, 0.717) is 12.8 Å². The van der Waals surface area contributed by atoms with E-state index in [1.165, 1.54) is 12.1 Å². The maximum absolute atomic E-state index is 12.9. The van der Waals surface area contributed by atoms with Gasteiger partial charge >= 0.3 is 0 Å². The zero-order valence-corrected chi connectivity index (χ0v) is 13.5. The summed E-state index contributed by atoms with van der Waals surface area (Å²) in [6.45, 7) is 0. The number of nitrogens with zero attached hydrogens (tertiary/aromatic N) is 1. The van der Waals surface area contributed by atoms with Crippen LogP contribution in [0.15, 0.2) is 42.7 Å². The Bertz CT molecular complexity index is 779. The number of carbonyl (C=O) groups excluding carboxylic acids is 2. The summed E-state index contributed by atoms with van der Waals surface area (Å²) in [4.78, 5) is 28.3. The van der Waals surface area contributed by atoms with Crippen LogP contribution < -0.4 is 16.4 Å². The van der Waals surface area contributed by atoms with Gasteiger partial charge in [-0.15, -0.1) is 0 Å². The van der Waals surface area contributed by atoms with Gasteiger partial charge in [0.1, 0.15) is 11.9 Å². The Kier molecular flexibility index (Phi) is 5.04. The third-order valence-corrected chi connectivity index (χ3v) is 4.10. The molecule has 0 radical (unpaired) electrons. The molecule has 0 fully saturated rings. The van der Waals surface area contributed by atoms with Gasteiger partial charge in [-0.25, -0.2) is 4.39 Å². The van der Waals surface area contributed by atoms with Crippen LogP contribution in [0.5, 0.6) is 0 Å². The molecule has 3 rings (SSSR count). The van der Waals surface area contributed by atoms with E-state index in [4.69, 9.17) is 5.73 Å². The van der Waals surface area contributed by atoms with Crippen LogP contribution in [0.1, 0.15) is 17.5 Å². The third kappa shape index (κ3) is 4.39. The van der Waals surface area contributed by atoms with Gasteiger partial charge in [-0.05, 0) is 35.7 Å². The van der Waals surface area contributed by atoms with Crippen LogP contribution in [-0.4, -0.2) is 28.9 Å². The summed E-state index contributed by atoms with van der Waals surface area (Å²) >= 11 is 0. The quantitative estimate of drug-likeness (QED) is 0.759. The summed E-state index contributed by atoms with van der Waals surface area (Å²) in [7, 11) is 0. The minimum absolute atomic E-state index is 0.0844. The highest BCUT2D eigenvalue weighted by atomic mass is 19.1. The number of amides is 2. The van der Waals surface area contributed by atoms with Crippen LogP contribution in [0.4, 0.5) is 10.1 Å². The molecule has 0 aliphatic carbocycles. The van der Waals surface area contributed by atoms with E-state index in [1.54, 1.807) is 30.6 Å². The van der Waals surface area contributed by atoms with Crippen LogP contribution in [0.25, 0.3) is 0 Å². The van der Waals surface area contributed by atoms with Gasteiger partial charge in [0, 0.05) is 37.0 Å². The van der Waals surface area contributed by atoms with Gasteiger partial charge in [-0.2, -0.15) is 0 Å². The number of pyridine rings is 1. The summed E-state index contributed by atoms with van der Waals surface area (Å²) in [5.74, 6) is -0.852. The Labute approximate surface area is 144 Å². The molecule has 2 aromatic rings. The van der Waals surface area contributed by atoms with Crippen LogP contribution in [0, 0.1) is 5.82 Å². The van der Waals surface area contributed by atoms with Crippen molar-refractivity contribution in [1.82, 2.24) is 10.3 Å². The van der Waals surface area contributed by atoms with Gasteiger partial charge in [-0.1, -0.05) is 12.1 Å². The third-order valence-electron chi connectivity index (χ3n) is 4.10. The Morgan fingerprint density at radius 2 is 2.12 bits per heavy atom. The SMILES string of the molecule is NC(CC(=O)NC1Cc2cnccc2NC1=O)Cc1ccc(F)cc1. The highest BCUT2D eigenvalue weighted by molar-refractivity contribution is 5.99. The van der Waals surface area contributed by atoms with Crippen molar-refractivity contribution in [3.63, 3.8) is 0 Å². The molecule has 2 heterocycles. The predicted molar refractivity (Wildman–Crippen MR) is 91.2 cm³/mol. The molecule has 1 aromatic heterocycles. The maximum Gasteiger partial charge on any atom is 0.247 e. The summed E-state index contributed by atoms with van der Waals surface area (Å²) < 4.78 is 12.9. The first-order valence-electron chi connectivity index (χ1n) is 8.04. The van der Waals surface area contributed by atoms with E-state index in [9.17, 15) is 14.0 Å². The minimum atomic E-state index is -0.637. The molecule has 130 valence electrons. The fourth-order valence-electron chi connectivity index (χ4n) is 2.85. The van der Waals surface area contributed by atoms with Crippen molar-refractivity contribution in [2.75, 3.05) is 5.32 Å². The largest absolute Gasteiger partial charge is 0.344 e. The number of halogens is 1. The molecule has 1 aliphatic heterocycles. The van der Waals surface area contributed by atoms with Crippen LogP contribution >= 0.6 is 0 Å². The first kappa shape index (κ1) is 17.0.